The lowest BCUT2D eigenvalue weighted by Gasteiger charge is -2.16. The molecule has 0 spiro atoms. The van der Waals surface area contributed by atoms with Crippen LogP contribution in [0.3, 0.4) is 0 Å². The van der Waals surface area contributed by atoms with Crippen LogP contribution in [0.4, 0.5) is 13.2 Å². The van der Waals surface area contributed by atoms with Crippen LogP contribution in [0.2, 0.25) is 5.02 Å². The summed E-state index contributed by atoms with van der Waals surface area (Å²) in [4.78, 5) is -0.489. The van der Waals surface area contributed by atoms with Crippen molar-refractivity contribution >= 4 is 21.6 Å². The van der Waals surface area contributed by atoms with E-state index < -0.39 is 37.7 Å². The average Bonchev–Trinajstić information content (AvgIpc) is 2.46. The molecule has 0 fully saturated rings. The van der Waals surface area contributed by atoms with Gasteiger partial charge < -0.3 is 0 Å². The summed E-state index contributed by atoms with van der Waals surface area (Å²) < 4.78 is 65.5. The van der Waals surface area contributed by atoms with Crippen molar-refractivity contribution in [2.45, 2.75) is 24.0 Å². The summed E-state index contributed by atoms with van der Waals surface area (Å²) in [6.07, 6.45) is -4.73. The predicted molar refractivity (Wildman–Crippen MR) is 81.6 cm³/mol. The summed E-state index contributed by atoms with van der Waals surface area (Å²) in [7, 11) is -4.12. The molecule has 0 aromatic heterocycles. The second-order valence-electron chi connectivity index (χ2n) is 4.89. The van der Waals surface area contributed by atoms with Crippen molar-refractivity contribution < 1.29 is 21.6 Å². The SMILES string of the molecule is C[C@@H](NS(=O)(=O)c1ccc(Cl)c(C(F)(F)F)c1)c1ccccc1. The third kappa shape index (κ3) is 4.25. The van der Waals surface area contributed by atoms with Gasteiger partial charge in [-0.3, -0.25) is 0 Å². The van der Waals surface area contributed by atoms with Gasteiger partial charge in [-0.2, -0.15) is 13.2 Å². The first-order valence-electron chi connectivity index (χ1n) is 6.55. The first-order chi connectivity index (χ1) is 10.6. The van der Waals surface area contributed by atoms with Crippen LogP contribution < -0.4 is 4.72 Å². The van der Waals surface area contributed by atoms with E-state index in [4.69, 9.17) is 11.6 Å². The maximum absolute atomic E-state index is 12.8. The highest BCUT2D eigenvalue weighted by molar-refractivity contribution is 7.89. The van der Waals surface area contributed by atoms with Crippen LogP contribution in [-0.2, 0) is 16.2 Å². The van der Waals surface area contributed by atoms with E-state index in [1.54, 1.807) is 37.3 Å². The van der Waals surface area contributed by atoms with Gasteiger partial charge in [-0.1, -0.05) is 41.9 Å². The Bertz CT molecular complexity index is 792. The lowest BCUT2D eigenvalue weighted by Crippen LogP contribution is -2.27. The van der Waals surface area contributed by atoms with E-state index in [9.17, 15) is 21.6 Å². The maximum atomic E-state index is 12.8. The fraction of sp³-hybridized carbons (Fsp3) is 0.200. The number of hydrogen-bond acceptors (Lipinski definition) is 2. The molecule has 0 unspecified atom stereocenters. The van der Waals surface area contributed by atoms with Crippen molar-refractivity contribution in [3.05, 3.63) is 64.7 Å². The minimum Gasteiger partial charge on any atom is -0.207 e. The van der Waals surface area contributed by atoms with Gasteiger partial charge >= 0.3 is 6.18 Å². The van der Waals surface area contributed by atoms with Crippen molar-refractivity contribution in [1.29, 1.82) is 0 Å². The van der Waals surface area contributed by atoms with Gasteiger partial charge in [0.05, 0.1) is 15.5 Å². The van der Waals surface area contributed by atoms with Crippen molar-refractivity contribution in [3.8, 4) is 0 Å². The monoisotopic (exact) mass is 363 g/mol. The van der Waals surface area contributed by atoms with Crippen LogP contribution in [0.1, 0.15) is 24.1 Å². The number of hydrogen-bond donors (Lipinski definition) is 1. The maximum Gasteiger partial charge on any atom is 0.417 e. The van der Waals surface area contributed by atoms with Crippen molar-refractivity contribution in [2.75, 3.05) is 0 Å². The van der Waals surface area contributed by atoms with Crippen LogP contribution in [0.5, 0.6) is 0 Å². The molecule has 1 atom stereocenters. The van der Waals surface area contributed by atoms with E-state index in [2.05, 4.69) is 4.72 Å². The zero-order valence-corrected chi connectivity index (χ0v) is 13.5. The molecular weight excluding hydrogens is 351 g/mol. The quantitative estimate of drug-likeness (QED) is 0.875. The summed E-state index contributed by atoms with van der Waals surface area (Å²) in [6, 6.07) is 10.6. The normalized spacial score (nSPS) is 13.8. The van der Waals surface area contributed by atoms with E-state index in [1.807, 2.05) is 0 Å². The van der Waals surface area contributed by atoms with Gasteiger partial charge in [-0.15, -0.1) is 0 Å². The van der Waals surface area contributed by atoms with Gasteiger partial charge in [0.2, 0.25) is 10.0 Å². The Hall–Kier alpha value is -1.57. The summed E-state index contributed by atoms with van der Waals surface area (Å²) in [6.45, 7) is 1.60. The van der Waals surface area contributed by atoms with Crippen LogP contribution in [-0.4, -0.2) is 8.42 Å². The molecule has 1 N–H and O–H groups in total. The number of benzene rings is 2. The zero-order chi connectivity index (χ0) is 17.3. The largest absolute Gasteiger partial charge is 0.417 e. The molecule has 0 heterocycles. The van der Waals surface area contributed by atoms with Crippen LogP contribution >= 0.6 is 11.6 Å². The highest BCUT2D eigenvalue weighted by atomic mass is 35.5. The molecule has 0 amide bonds. The van der Waals surface area contributed by atoms with E-state index in [-0.39, 0.29) is 0 Å². The van der Waals surface area contributed by atoms with Gasteiger partial charge in [-0.05, 0) is 30.7 Å². The van der Waals surface area contributed by atoms with Crippen LogP contribution in [0.15, 0.2) is 53.4 Å². The summed E-state index contributed by atoms with van der Waals surface area (Å²) in [5.74, 6) is 0. The molecule has 0 aliphatic carbocycles. The van der Waals surface area contributed by atoms with E-state index in [0.717, 1.165) is 12.1 Å². The average molecular weight is 364 g/mol. The first kappa shape index (κ1) is 17.8. The Labute approximate surface area is 137 Å². The highest BCUT2D eigenvalue weighted by Gasteiger charge is 2.34. The third-order valence-electron chi connectivity index (χ3n) is 3.19. The number of nitrogens with one attached hydrogen (secondary N) is 1. The lowest BCUT2D eigenvalue weighted by molar-refractivity contribution is -0.137. The van der Waals surface area contributed by atoms with Gasteiger partial charge in [0.25, 0.3) is 0 Å². The molecule has 3 nitrogen and oxygen atoms in total. The van der Waals surface area contributed by atoms with Gasteiger partial charge in [0.15, 0.2) is 0 Å². The summed E-state index contributed by atoms with van der Waals surface area (Å²) in [5, 5.41) is -0.549. The number of alkyl halides is 3. The molecule has 0 bridgehead atoms. The van der Waals surface area contributed by atoms with Crippen molar-refractivity contribution in [2.24, 2.45) is 0 Å². The van der Waals surface area contributed by atoms with E-state index in [1.165, 1.54) is 0 Å². The molecule has 0 radical (unpaired) electrons. The Morgan fingerprint density at radius 2 is 1.70 bits per heavy atom. The minimum absolute atomic E-state index is 0.489. The number of rotatable bonds is 4. The van der Waals surface area contributed by atoms with Crippen LogP contribution in [0, 0.1) is 0 Å². The molecule has 0 aliphatic rings. The second kappa shape index (κ2) is 6.51. The molecule has 124 valence electrons. The van der Waals surface area contributed by atoms with Gasteiger partial charge in [0.1, 0.15) is 0 Å². The highest BCUT2D eigenvalue weighted by Crippen LogP contribution is 2.36. The van der Waals surface area contributed by atoms with Gasteiger partial charge in [0, 0.05) is 6.04 Å². The van der Waals surface area contributed by atoms with Crippen molar-refractivity contribution in [1.82, 2.24) is 4.72 Å². The molecule has 0 saturated heterocycles. The molecular formula is C15H13ClF3NO2S. The molecule has 2 rings (SSSR count). The lowest BCUT2D eigenvalue weighted by atomic mass is 10.1. The van der Waals surface area contributed by atoms with Crippen LogP contribution in [0.25, 0.3) is 0 Å². The Morgan fingerprint density at radius 3 is 2.26 bits per heavy atom. The minimum atomic E-state index is -4.73. The van der Waals surface area contributed by atoms with Crippen molar-refractivity contribution in [3.63, 3.8) is 0 Å². The van der Waals surface area contributed by atoms with Gasteiger partial charge in [-0.25, -0.2) is 13.1 Å². The number of sulfonamides is 1. The number of halogens is 4. The summed E-state index contributed by atoms with van der Waals surface area (Å²) >= 11 is 5.50. The zero-order valence-electron chi connectivity index (χ0n) is 11.9. The first-order valence-corrected chi connectivity index (χ1v) is 8.41. The molecule has 23 heavy (non-hydrogen) atoms. The third-order valence-corrected chi connectivity index (χ3v) is 5.05. The van der Waals surface area contributed by atoms with E-state index in [0.29, 0.717) is 11.6 Å². The fourth-order valence-corrected chi connectivity index (χ4v) is 3.48. The fourth-order valence-electron chi connectivity index (χ4n) is 2.00. The standard InChI is InChI=1S/C15H13ClF3NO2S/c1-10(11-5-3-2-4-6-11)20-23(21,22)12-7-8-14(16)13(9-12)15(17,18)19/h2-10,20H,1H3/t10-/m1/s1. The molecule has 8 heteroatoms. The Balaban J connectivity index is 2.34. The Kier molecular flexibility index (Phi) is 5.03. The molecule has 0 saturated carbocycles. The molecule has 2 aromatic carbocycles. The summed E-state index contributed by atoms with van der Waals surface area (Å²) in [5.41, 5.74) is -0.490. The topological polar surface area (TPSA) is 46.2 Å². The molecule has 0 aliphatic heterocycles. The predicted octanol–water partition coefficient (Wildman–Crippen LogP) is 4.40. The Morgan fingerprint density at radius 1 is 1.09 bits per heavy atom. The molecule has 2 aromatic rings. The van der Waals surface area contributed by atoms with E-state index >= 15 is 0 Å². The smallest absolute Gasteiger partial charge is 0.207 e. The second-order valence-corrected chi connectivity index (χ2v) is 7.01.